The quantitative estimate of drug-likeness (QED) is 0.794. The minimum Gasteiger partial charge on any atom is -0.480 e. The van der Waals surface area contributed by atoms with Crippen LogP contribution >= 0.6 is 0 Å². The smallest absolute Gasteiger partial charge is 0.317 e. The molecule has 1 heterocycles. The summed E-state index contributed by atoms with van der Waals surface area (Å²) in [6.07, 6.45) is 1.56. The fourth-order valence-corrected chi connectivity index (χ4v) is 1.36. The summed E-state index contributed by atoms with van der Waals surface area (Å²) >= 11 is 0. The molecule has 0 saturated heterocycles. The summed E-state index contributed by atoms with van der Waals surface area (Å²) in [6, 6.07) is 5.41. The molecule has 5 heteroatoms. The van der Waals surface area contributed by atoms with Crippen LogP contribution in [0.1, 0.15) is 18.2 Å². The van der Waals surface area contributed by atoms with Crippen molar-refractivity contribution in [1.29, 1.82) is 5.26 Å². The molecule has 5 nitrogen and oxygen atoms in total. The van der Waals surface area contributed by atoms with Crippen LogP contribution < -0.4 is 0 Å². The molecule has 0 bridgehead atoms. The molecule has 0 aliphatic carbocycles. The molecule has 1 aromatic heterocycles. The van der Waals surface area contributed by atoms with Gasteiger partial charge in [0, 0.05) is 12.7 Å². The third-order valence-electron chi connectivity index (χ3n) is 2.15. The largest absolute Gasteiger partial charge is 0.480 e. The Balaban J connectivity index is 2.70. The molecular formula is C11H13N3O2. The van der Waals surface area contributed by atoms with Gasteiger partial charge < -0.3 is 5.11 Å². The molecule has 0 aromatic carbocycles. The summed E-state index contributed by atoms with van der Waals surface area (Å²) in [5.74, 6) is -0.851. The van der Waals surface area contributed by atoms with Crippen molar-refractivity contribution in [2.45, 2.75) is 13.5 Å². The molecule has 16 heavy (non-hydrogen) atoms. The lowest BCUT2D eigenvalue weighted by Gasteiger charge is -2.17. The zero-order valence-corrected chi connectivity index (χ0v) is 9.05. The van der Waals surface area contributed by atoms with Gasteiger partial charge in [0.05, 0.1) is 6.54 Å². The maximum atomic E-state index is 10.6. The van der Waals surface area contributed by atoms with Crippen LogP contribution in [0.2, 0.25) is 0 Å². The Hall–Kier alpha value is -1.93. The van der Waals surface area contributed by atoms with E-state index < -0.39 is 5.97 Å². The molecule has 0 saturated carbocycles. The van der Waals surface area contributed by atoms with Crippen LogP contribution in [0, 0.1) is 11.3 Å². The fraction of sp³-hybridized carbons (Fsp3) is 0.364. The van der Waals surface area contributed by atoms with Crippen molar-refractivity contribution in [3.05, 3.63) is 29.6 Å². The monoisotopic (exact) mass is 219 g/mol. The number of hydrogen-bond acceptors (Lipinski definition) is 4. The zero-order valence-electron chi connectivity index (χ0n) is 9.05. The molecule has 0 aliphatic heterocycles. The van der Waals surface area contributed by atoms with Gasteiger partial charge in [-0.15, -0.1) is 0 Å². The van der Waals surface area contributed by atoms with E-state index in [0.29, 0.717) is 18.8 Å². The lowest BCUT2D eigenvalue weighted by atomic mass is 10.2. The van der Waals surface area contributed by atoms with E-state index >= 15 is 0 Å². The lowest BCUT2D eigenvalue weighted by molar-refractivity contribution is -0.138. The predicted octanol–water partition coefficient (Wildman–Crippen LogP) is 0.860. The highest BCUT2D eigenvalue weighted by Crippen LogP contribution is 2.05. The lowest BCUT2D eigenvalue weighted by Crippen LogP contribution is -2.29. The van der Waals surface area contributed by atoms with Gasteiger partial charge in [-0.1, -0.05) is 6.92 Å². The molecule has 1 rings (SSSR count). The molecule has 84 valence electrons. The first kappa shape index (κ1) is 12.1. The van der Waals surface area contributed by atoms with Crippen LogP contribution in [0.5, 0.6) is 0 Å². The Morgan fingerprint density at radius 1 is 1.69 bits per heavy atom. The highest BCUT2D eigenvalue weighted by Gasteiger charge is 2.08. The van der Waals surface area contributed by atoms with Crippen molar-refractivity contribution in [3.63, 3.8) is 0 Å². The number of carboxylic acid groups (broad SMARTS) is 1. The number of carbonyl (C=O) groups is 1. The van der Waals surface area contributed by atoms with E-state index in [1.165, 1.54) is 0 Å². The van der Waals surface area contributed by atoms with E-state index in [1.54, 1.807) is 23.2 Å². The average Bonchev–Trinajstić information content (AvgIpc) is 2.28. The molecule has 0 spiro atoms. The van der Waals surface area contributed by atoms with Gasteiger partial charge in [-0.05, 0) is 24.2 Å². The van der Waals surface area contributed by atoms with Crippen molar-refractivity contribution in [3.8, 4) is 6.07 Å². The number of aliphatic carboxylic acids is 1. The number of nitriles is 1. The van der Waals surface area contributed by atoms with Gasteiger partial charge in [0.2, 0.25) is 0 Å². The van der Waals surface area contributed by atoms with Crippen molar-refractivity contribution in [1.82, 2.24) is 9.88 Å². The van der Waals surface area contributed by atoms with Crippen molar-refractivity contribution in [2.75, 3.05) is 13.1 Å². The van der Waals surface area contributed by atoms with Crippen molar-refractivity contribution < 1.29 is 9.90 Å². The summed E-state index contributed by atoms with van der Waals surface area (Å²) in [4.78, 5) is 16.2. The molecular weight excluding hydrogens is 206 g/mol. The number of rotatable bonds is 5. The van der Waals surface area contributed by atoms with E-state index in [4.69, 9.17) is 10.4 Å². The van der Waals surface area contributed by atoms with Gasteiger partial charge in [0.1, 0.15) is 11.8 Å². The summed E-state index contributed by atoms with van der Waals surface area (Å²) in [5.41, 5.74) is 1.25. The summed E-state index contributed by atoms with van der Waals surface area (Å²) in [6.45, 7) is 3.06. The number of nitrogens with zero attached hydrogens (tertiary/aromatic N) is 3. The normalized spacial score (nSPS) is 10.1. The second-order valence-corrected chi connectivity index (χ2v) is 3.36. The zero-order chi connectivity index (χ0) is 12.0. The van der Waals surface area contributed by atoms with Crippen LogP contribution in [0.4, 0.5) is 0 Å². The van der Waals surface area contributed by atoms with Crippen LogP contribution in [-0.2, 0) is 11.3 Å². The minimum atomic E-state index is -0.851. The highest BCUT2D eigenvalue weighted by molar-refractivity contribution is 5.69. The number of likely N-dealkylation sites (N-methyl/N-ethyl adjacent to an activating group) is 1. The summed E-state index contributed by atoms with van der Waals surface area (Å²) < 4.78 is 0. The van der Waals surface area contributed by atoms with Gasteiger partial charge >= 0.3 is 5.97 Å². The molecule has 0 radical (unpaired) electrons. The fourth-order valence-electron chi connectivity index (χ4n) is 1.36. The van der Waals surface area contributed by atoms with E-state index in [1.807, 2.05) is 13.0 Å². The molecule has 0 unspecified atom stereocenters. The van der Waals surface area contributed by atoms with Crippen LogP contribution in [0.25, 0.3) is 0 Å². The van der Waals surface area contributed by atoms with Crippen LogP contribution in [0.15, 0.2) is 18.3 Å². The minimum absolute atomic E-state index is 0.000704. The first-order valence-electron chi connectivity index (χ1n) is 4.95. The Morgan fingerprint density at radius 2 is 2.44 bits per heavy atom. The van der Waals surface area contributed by atoms with E-state index in [0.717, 1.165) is 5.56 Å². The summed E-state index contributed by atoms with van der Waals surface area (Å²) in [7, 11) is 0. The van der Waals surface area contributed by atoms with Gasteiger partial charge in [-0.3, -0.25) is 9.69 Å². The number of aromatic nitrogens is 1. The van der Waals surface area contributed by atoms with Crippen molar-refractivity contribution >= 4 is 5.97 Å². The molecule has 0 atom stereocenters. The van der Waals surface area contributed by atoms with Gasteiger partial charge in [-0.25, -0.2) is 4.98 Å². The van der Waals surface area contributed by atoms with Gasteiger partial charge in [-0.2, -0.15) is 5.26 Å². The standard InChI is InChI=1S/C11H13N3O2/c1-2-14(8-11(15)16)7-9-3-4-13-10(5-9)6-12/h3-5H,2,7-8H2,1H3,(H,15,16). The Kier molecular flexibility index (Phi) is 4.42. The third-order valence-corrected chi connectivity index (χ3v) is 2.15. The van der Waals surface area contributed by atoms with Crippen LogP contribution in [-0.4, -0.2) is 34.0 Å². The van der Waals surface area contributed by atoms with E-state index in [-0.39, 0.29) is 6.54 Å². The molecule has 1 N–H and O–H groups in total. The van der Waals surface area contributed by atoms with E-state index in [9.17, 15) is 4.79 Å². The highest BCUT2D eigenvalue weighted by atomic mass is 16.4. The molecule has 0 aliphatic rings. The summed E-state index contributed by atoms with van der Waals surface area (Å²) in [5, 5.41) is 17.4. The Bertz CT molecular complexity index is 412. The number of carboxylic acids is 1. The topological polar surface area (TPSA) is 77.2 Å². The predicted molar refractivity (Wildman–Crippen MR) is 57.5 cm³/mol. The maximum Gasteiger partial charge on any atom is 0.317 e. The SMILES string of the molecule is CCN(CC(=O)O)Cc1ccnc(C#N)c1. The Morgan fingerprint density at radius 3 is 3.00 bits per heavy atom. The average molecular weight is 219 g/mol. The third kappa shape index (κ3) is 3.67. The molecule has 1 aromatic rings. The van der Waals surface area contributed by atoms with Gasteiger partial charge in [0.15, 0.2) is 0 Å². The second-order valence-electron chi connectivity index (χ2n) is 3.36. The number of pyridine rings is 1. The molecule has 0 fully saturated rings. The first-order valence-corrected chi connectivity index (χ1v) is 4.95. The van der Waals surface area contributed by atoms with E-state index in [2.05, 4.69) is 4.98 Å². The van der Waals surface area contributed by atoms with Crippen LogP contribution in [0.3, 0.4) is 0 Å². The maximum absolute atomic E-state index is 10.6. The van der Waals surface area contributed by atoms with Gasteiger partial charge in [0.25, 0.3) is 0 Å². The second kappa shape index (κ2) is 5.83. The first-order chi connectivity index (χ1) is 7.65. The molecule has 0 amide bonds. The van der Waals surface area contributed by atoms with Crippen molar-refractivity contribution in [2.24, 2.45) is 0 Å². The Labute approximate surface area is 93.9 Å². The number of hydrogen-bond donors (Lipinski definition) is 1.